The highest BCUT2D eigenvalue weighted by atomic mass is 32.1. The maximum Gasteiger partial charge on any atom is 0.407 e. The smallest absolute Gasteiger partial charge is 0.407 e. The maximum absolute atomic E-state index is 12.7. The van der Waals surface area contributed by atoms with Gasteiger partial charge in [-0.15, -0.1) is 0 Å². The highest BCUT2D eigenvalue weighted by Crippen LogP contribution is 2.31. The number of nitrogens with zero attached hydrogens (tertiary/aromatic N) is 2. The lowest BCUT2D eigenvalue weighted by atomic mass is 10.1. The van der Waals surface area contributed by atoms with Crippen LogP contribution in [0.3, 0.4) is 0 Å². The molecule has 2 heterocycles. The van der Waals surface area contributed by atoms with E-state index in [9.17, 15) is 9.59 Å². The minimum atomic E-state index is -0.377. The van der Waals surface area contributed by atoms with Gasteiger partial charge < -0.3 is 25.0 Å². The Kier molecular flexibility index (Phi) is 8.69. The molecule has 8 nitrogen and oxygen atoms in total. The summed E-state index contributed by atoms with van der Waals surface area (Å²) in [6, 6.07) is 5.76. The fourth-order valence-corrected chi connectivity index (χ4v) is 4.44. The monoisotopic (exact) mass is 462 g/mol. The Morgan fingerprint density at radius 1 is 1.16 bits per heavy atom. The number of para-hydroxylation sites is 1. The van der Waals surface area contributed by atoms with Crippen molar-refractivity contribution in [2.75, 3.05) is 44.4 Å². The number of nitrogens with one attached hydrogen (secondary N) is 2. The zero-order chi connectivity index (χ0) is 23.0. The lowest BCUT2D eigenvalue weighted by Gasteiger charge is -2.25. The second-order valence-electron chi connectivity index (χ2n) is 8.93. The number of thiazole rings is 1. The average Bonchev–Trinajstić information content (AvgIpc) is 3.19. The van der Waals surface area contributed by atoms with Gasteiger partial charge >= 0.3 is 6.09 Å². The number of amides is 2. The van der Waals surface area contributed by atoms with Gasteiger partial charge in [0.05, 0.1) is 35.6 Å². The van der Waals surface area contributed by atoms with Crippen molar-refractivity contribution in [1.29, 1.82) is 0 Å². The molecule has 2 aromatic rings. The zero-order valence-corrected chi connectivity index (χ0v) is 20.1. The molecule has 0 atom stereocenters. The molecule has 0 radical (unpaired) electrons. The lowest BCUT2D eigenvalue weighted by Crippen LogP contribution is -2.41. The van der Waals surface area contributed by atoms with E-state index < -0.39 is 0 Å². The Morgan fingerprint density at radius 3 is 2.66 bits per heavy atom. The first-order chi connectivity index (χ1) is 15.3. The summed E-state index contributed by atoms with van der Waals surface area (Å²) in [5.74, 6) is -0.0865. The number of morpholine rings is 1. The van der Waals surface area contributed by atoms with Crippen molar-refractivity contribution in [2.24, 2.45) is 0 Å². The first-order valence-electron chi connectivity index (χ1n) is 11.3. The standard InChI is InChI=1S/C23H34N4O4S/c1-23(2,3)26-22(29)31-14-7-5-4-6-11-24-20(28)17-9-8-10-18-19(17)25-21(32-18)27-12-15-30-16-13-27/h8-10H,4-7,11-16H2,1-3H3,(H,24,28)(H,26,29). The quantitative estimate of drug-likeness (QED) is 0.548. The maximum atomic E-state index is 12.7. The van der Waals surface area contributed by atoms with Crippen molar-refractivity contribution in [3.05, 3.63) is 23.8 Å². The predicted octanol–water partition coefficient (Wildman–Crippen LogP) is 3.95. The van der Waals surface area contributed by atoms with Gasteiger partial charge in [-0.2, -0.15) is 0 Å². The number of anilines is 1. The Labute approximate surface area is 193 Å². The van der Waals surface area contributed by atoms with E-state index in [4.69, 9.17) is 14.5 Å². The Bertz CT molecular complexity index is 903. The molecular formula is C23H34N4O4S. The second kappa shape index (κ2) is 11.5. The summed E-state index contributed by atoms with van der Waals surface area (Å²) >= 11 is 1.62. The molecular weight excluding hydrogens is 428 g/mol. The van der Waals surface area contributed by atoms with E-state index in [-0.39, 0.29) is 17.5 Å². The molecule has 32 heavy (non-hydrogen) atoms. The number of benzene rings is 1. The molecule has 2 amide bonds. The molecule has 1 aromatic carbocycles. The Morgan fingerprint density at radius 2 is 1.91 bits per heavy atom. The second-order valence-corrected chi connectivity index (χ2v) is 9.94. The number of hydrogen-bond donors (Lipinski definition) is 2. The van der Waals surface area contributed by atoms with Crippen molar-refractivity contribution in [1.82, 2.24) is 15.6 Å². The fourth-order valence-electron chi connectivity index (χ4n) is 3.39. The van der Waals surface area contributed by atoms with Crippen LogP contribution in [-0.2, 0) is 9.47 Å². The molecule has 176 valence electrons. The van der Waals surface area contributed by atoms with E-state index >= 15 is 0 Å². The van der Waals surface area contributed by atoms with Gasteiger partial charge in [0.25, 0.3) is 5.91 Å². The number of ether oxygens (including phenoxy) is 2. The van der Waals surface area contributed by atoms with Gasteiger partial charge in [0, 0.05) is 25.2 Å². The van der Waals surface area contributed by atoms with Crippen molar-refractivity contribution < 1.29 is 19.1 Å². The molecule has 2 N–H and O–H groups in total. The van der Waals surface area contributed by atoms with Gasteiger partial charge in [0.2, 0.25) is 0 Å². The van der Waals surface area contributed by atoms with E-state index in [1.165, 1.54) is 0 Å². The van der Waals surface area contributed by atoms with Crippen molar-refractivity contribution >= 4 is 38.7 Å². The van der Waals surface area contributed by atoms with E-state index in [1.54, 1.807) is 11.3 Å². The molecule has 0 spiro atoms. The molecule has 9 heteroatoms. The van der Waals surface area contributed by atoms with Gasteiger partial charge in [-0.05, 0) is 52.2 Å². The predicted molar refractivity (Wildman–Crippen MR) is 128 cm³/mol. The summed E-state index contributed by atoms with van der Waals surface area (Å²) in [5, 5.41) is 6.73. The summed E-state index contributed by atoms with van der Waals surface area (Å²) in [4.78, 5) is 31.3. The normalized spacial score (nSPS) is 14.4. The number of carbonyl (C=O) groups excluding carboxylic acids is 2. The van der Waals surface area contributed by atoms with E-state index in [1.807, 2.05) is 39.0 Å². The summed E-state index contributed by atoms with van der Waals surface area (Å²) in [6.45, 7) is 9.84. The highest BCUT2D eigenvalue weighted by molar-refractivity contribution is 7.22. The van der Waals surface area contributed by atoms with Gasteiger partial charge in [-0.25, -0.2) is 9.78 Å². The Balaban J connectivity index is 1.38. The van der Waals surface area contributed by atoms with Crippen LogP contribution >= 0.6 is 11.3 Å². The van der Waals surface area contributed by atoms with E-state index in [0.29, 0.717) is 31.9 Å². The van der Waals surface area contributed by atoms with Crippen LogP contribution in [0.25, 0.3) is 10.2 Å². The van der Waals surface area contributed by atoms with Crippen LogP contribution < -0.4 is 15.5 Å². The average molecular weight is 463 g/mol. The third-order valence-electron chi connectivity index (χ3n) is 5.00. The van der Waals surface area contributed by atoms with Crippen LogP contribution in [0.4, 0.5) is 9.93 Å². The summed E-state index contributed by atoms with van der Waals surface area (Å²) in [6.07, 6.45) is 3.23. The van der Waals surface area contributed by atoms with Gasteiger partial charge in [0.1, 0.15) is 0 Å². The van der Waals surface area contributed by atoms with Gasteiger partial charge in [0.15, 0.2) is 5.13 Å². The molecule has 1 aliphatic heterocycles. The number of unbranched alkanes of at least 4 members (excludes halogenated alkanes) is 3. The van der Waals surface area contributed by atoms with Crippen LogP contribution in [0.5, 0.6) is 0 Å². The molecule has 0 unspecified atom stereocenters. The first-order valence-corrected chi connectivity index (χ1v) is 12.1. The minimum Gasteiger partial charge on any atom is -0.450 e. The SMILES string of the molecule is CC(C)(C)NC(=O)OCCCCCCNC(=O)c1cccc2sc(N3CCOCC3)nc12. The molecule has 0 saturated carbocycles. The van der Waals surface area contributed by atoms with Crippen molar-refractivity contribution in [3.8, 4) is 0 Å². The molecule has 1 aliphatic rings. The lowest BCUT2D eigenvalue weighted by molar-refractivity contribution is 0.0953. The summed E-state index contributed by atoms with van der Waals surface area (Å²) < 4.78 is 11.6. The van der Waals surface area contributed by atoms with Crippen LogP contribution in [0.2, 0.25) is 0 Å². The molecule has 0 bridgehead atoms. The van der Waals surface area contributed by atoms with Crippen LogP contribution in [0.1, 0.15) is 56.8 Å². The number of carbonyl (C=O) groups is 2. The fraction of sp³-hybridized carbons (Fsp3) is 0.609. The molecule has 3 rings (SSSR count). The summed E-state index contributed by atoms with van der Waals surface area (Å²) in [5.41, 5.74) is 1.10. The third kappa shape index (κ3) is 7.34. The van der Waals surface area contributed by atoms with Crippen LogP contribution in [0.15, 0.2) is 18.2 Å². The van der Waals surface area contributed by atoms with Crippen LogP contribution in [0, 0.1) is 0 Å². The molecule has 1 aromatic heterocycles. The van der Waals surface area contributed by atoms with E-state index in [2.05, 4.69) is 15.5 Å². The number of alkyl carbamates (subject to hydrolysis) is 1. The molecule has 1 fully saturated rings. The molecule has 0 aliphatic carbocycles. The zero-order valence-electron chi connectivity index (χ0n) is 19.2. The Hall–Kier alpha value is -2.39. The van der Waals surface area contributed by atoms with Crippen molar-refractivity contribution in [2.45, 2.75) is 52.0 Å². The number of fused-ring (bicyclic) bond motifs is 1. The van der Waals surface area contributed by atoms with Gasteiger partial charge in [-0.1, -0.05) is 23.8 Å². The number of hydrogen-bond acceptors (Lipinski definition) is 7. The van der Waals surface area contributed by atoms with Gasteiger partial charge in [-0.3, -0.25) is 4.79 Å². The third-order valence-corrected chi connectivity index (χ3v) is 6.08. The highest BCUT2D eigenvalue weighted by Gasteiger charge is 2.19. The summed E-state index contributed by atoms with van der Waals surface area (Å²) in [7, 11) is 0. The number of rotatable bonds is 9. The van der Waals surface area contributed by atoms with Crippen LogP contribution in [-0.4, -0.2) is 62.0 Å². The number of aromatic nitrogens is 1. The first kappa shape index (κ1) is 24.3. The minimum absolute atomic E-state index is 0.0865. The largest absolute Gasteiger partial charge is 0.450 e. The molecule has 1 saturated heterocycles. The van der Waals surface area contributed by atoms with E-state index in [0.717, 1.165) is 54.1 Å². The van der Waals surface area contributed by atoms with Crippen molar-refractivity contribution in [3.63, 3.8) is 0 Å². The topological polar surface area (TPSA) is 92.8 Å².